The van der Waals surface area contributed by atoms with Crippen molar-refractivity contribution in [1.29, 1.82) is 0 Å². The quantitative estimate of drug-likeness (QED) is 0.181. The largest absolute Gasteiger partial charge is 0.0622 e. The molecule has 214 valence electrons. The van der Waals surface area contributed by atoms with Gasteiger partial charge in [0.15, 0.2) is 0 Å². The molecule has 9 aromatic carbocycles. The molecule has 0 saturated heterocycles. The van der Waals surface area contributed by atoms with Crippen LogP contribution >= 0.6 is 0 Å². The molecule has 0 saturated carbocycles. The Hall–Kier alpha value is -5.98. The summed E-state index contributed by atoms with van der Waals surface area (Å²) in [6.07, 6.45) is 0. The van der Waals surface area contributed by atoms with Gasteiger partial charge in [0.25, 0.3) is 0 Å². The first kappa shape index (κ1) is 26.4. The van der Waals surface area contributed by atoms with Crippen LogP contribution in [0.1, 0.15) is 0 Å². The van der Waals surface area contributed by atoms with Gasteiger partial charge in [0.2, 0.25) is 0 Å². The smallest absolute Gasteiger partial charge is 0.00201 e. The third-order valence-corrected chi connectivity index (χ3v) is 9.44. The van der Waals surface area contributed by atoms with E-state index in [0.717, 1.165) is 0 Å². The third kappa shape index (κ3) is 4.38. The Morgan fingerprint density at radius 3 is 1.39 bits per heavy atom. The standard InChI is InChI=1S/C46H30/c1-2-11-31(12-3-1)37-27-28-39-38(30-37)15-10-20-40(39)46-43-18-8-6-16-41(43)45(42-17-7-9-19-44(42)46)34-24-21-33(22-25-34)36-26-23-32-13-4-5-14-35(32)29-36/h1-30H. The van der Waals surface area contributed by atoms with Gasteiger partial charge in [0.1, 0.15) is 0 Å². The SMILES string of the molecule is c1ccc(-c2ccc3c(-c4c5ccccc5c(-c5ccc(-c6ccc7ccccc7c6)cc5)c5ccccc45)cccc3c2)cc1. The van der Waals surface area contributed by atoms with E-state index in [1.54, 1.807) is 0 Å². The second-order valence-corrected chi connectivity index (χ2v) is 12.1. The predicted octanol–water partition coefficient (Wildman–Crippen LogP) is 13.0. The zero-order valence-corrected chi connectivity index (χ0v) is 25.3. The Labute approximate surface area is 268 Å². The van der Waals surface area contributed by atoms with E-state index < -0.39 is 0 Å². The average Bonchev–Trinajstić information content (AvgIpc) is 3.13. The van der Waals surface area contributed by atoms with E-state index in [9.17, 15) is 0 Å². The van der Waals surface area contributed by atoms with Gasteiger partial charge in [-0.25, -0.2) is 0 Å². The minimum absolute atomic E-state index is 1.23. The highest BCUT2D eigenvalue weighted by atomic mass is 14.2. The zero-order valence-electron chi connectivity index (χ0n) is 25.3. The van der Waals surface area contributed by atoms with Crippen LogP contribution in [-0.2, 0) is 0 Å². The van der Waals surface area contributed by atoms with Crippen LogP contribution < -0.4 is 0 Å². The van der Waals surface area contributed by atoms with Crippen LogP contribution in [-0.4, -0.2) is 0 Å². The fourth-order valence-corrected chi connectivity index (χ4v) is 7.24. The lowest BCUT2D eigenvalue weighted by Crippen LogP contribution is -1.92. The summed E-state index contributed by atoms with van der Waals surface area (Å²) in [7, 11) is 0. The summed E-state index contributed by atoms with van der Waals surface area (Å²) < 4.78 is 0. The second kappa shape index (κ2) is 10.9. The molecule has 0 aliphatic heterocycles. The summed E-state index contributed by atoms with van der Waals surface area (Å²) in [5.41, 5.74) is 10.0. The van der Waals surface area contributed by atoms with Crippen LogP contribution in [0.25, 0.3) is 87.6 Å². The summed E-state index contributed by atoms with van der Waals surface area (Å²) in [4.78, 5) is 0. The van der Waals surface area contributed by atoms with E-state index in [-0.39, 0.29) is 0 Å². The molecule has 0 nitrogen and oxygen atoms in total. The van der Waals surface area contributed by atoms with Crippen molar-refractivity contribution in [3.8, 4) is 44.5 Å². The molecule has 46 heavy (non-hydrogen) atoms. The minimum Gasteiger partial charge on any atom is -0.0622 e. The van der Waals surface area contributed by atoms with Gasteiger partial charge in [-0.1, -0.05) is 170 Å². The first-order chi connectivity index (χ1) is 22.8. The van der Waals surface area contributed by atoms with Crippen LogP contribution in [0.2, 0.25) is 0 Å². The number of rotatable bonds is 4. The van der Waals surface area contributed by atoms with Crippen LogP contribution in [0, 0.1) is 0 Å². The van der Waals surface area contributed by atoms with E-state index in [0.29, 0.717) is 0 Å². The summed E-state index contributed by atoms with van der Waals surface area (Å²) in [6, 6.07) is 66.5. The highest BCUT2D eigenvalue weighted by Crippen LogP contribution is 2.45. The maximum atomic E-state index is 2.32. The van der Waals surface area contributed by atoms with E-state index in [2.05, 4.69) is 182 Å². The third-order valence-electron chi connectivity index (χ3n) is 9.44. The molecular formula is C46H30. The molecule has 0 bridgehead atoms. The number of fused-ring (bicyclic) bond motifs is 4. The Morgan fingerprint density at radius 2 is 0.696 bits per heavy atom. The fraction of sp³-hybridized carbons (Fsp3) is 0. The molecule has 9 rings (SSSR count). The minimum atomic E-state index is 1.23. The number of benzene rings is 9. The molecule has 0 spiro atoms. The molecule has 0 heterocycles. The molecule has 0 aliphatic carbocycles. The maximum absolute atomic E-state index is 2.32. The highest BCUT2D eigenvalue weighted by molar-refractivity contribution is 6.23. The van der Waals surface area contributed by atoms with Gasteiger partial charge in [-0.05, 0) is 99.7 Å². The lowest BCUT2D eigenvalue weighted by atomic mass is 9.84. The van der Waals surface area contributed by atoms with Gasteiger partial charge in [0.05, 0.1) is 0 Å². The maximum Gasteiger partial charge on any atom is -0.00201 e. The van der Waals surface area contributed by atoms with Gasteiger partial charge in [-0.15, -0.1) is 0 Å². The molecular weight excluding hydrogens is 553 g/mol. The summed E-state index contributed by atoms with van der Waals surface area (Å²) in [5, 5.41) is 10.1. The van der Waals surface area contributed by atoms with E-state index in [1.807, 2.05) is 0 Å². The number of hydrogen-bond donors (Lipinski definition) is 0. The van der Waals surface area contributed by atoms with E-state index >= 15 is 0 Å². The van der Waals surface area contributed by atoms with E-state index in [1.165, 1.54) is 87.6 Å². The van der Waals surface area contributed by atoms with Crippen molar-refractivity contribution in [2.75, 3.05) is 0 Å². The topological polar surface area (TPSA) is 0 Å². The van der Waals surface area contributed by atoms with Crippen molar-refractivity contribution in [2.45, 2.75) is 0 Å². The first-order valence-electron chi connectivity index (χ1n) is 15.9. The van der Waals surface area contributed by atoms with Gasteiger partial charge in [-0.2, -0.15) is 0 Å². The second-order valence-electron chi connectivity index (χ2n) is 12.1. The van der Waals surface area contributed by atoms with Crippen molar-refractivity contribution in [2.24, 2.45) is 0 Å². The number of hydrogen-bond acceptors (Lipinski definition) is 0. The molecule has 0 unspecified atom stereocenters. The van der Waals surface area contributed by atoms with Gasteiger partial charge in [-0.3, -0.25) is 0 Å². The Balaban J connectivity index is 1.23. The summed E-state index contributed by atoms with van der Waals surface area (Å²) in [6.45, 7) is 0. The monoisotopic (exact) mass is 582 g/mol. The van der Waals surface area contributed by atoms with Crippen LogP contribution in [0.3, 0.4) is 0 Å². The van der Waals surface area contributed by atoms with Crippen LogP contribution in [0.15, 0.2) is 182 Å². The van der Waals surface area contributed by atoms with Crippen molar-refractivity contribution < 1.29 is 0 Å². The Morgan fingerprint density at radius 1 is 0.217 bits per heavy atom. The van der Waals surface area contributed by atoms with Gasteiger partial charge < -0.3 is 0 Å². The normalized spacial score (nSPS) is 11.5. The summed E-state index contributed by atoms with van der Waals surface area (Å²) >= 11 is 0. The van der Waals surface area contributed by atoms with Crippen molar-refractivity contribution in [3.63, 3.8) is 0 Å². The average molecular weight is 583 g/mol. The van der Waals surface area contributed by atoms with Crippen LogP contribution in [0.5, 0.6) is 0 Å². The molecule has 0 heteroatoms. The molecule has 0 fully saturated rings. The van der Waals surface area contributed by atoms with Crippen LogP contribution in [0.4, 0.5) is 0 Å². The van der Waals surface area contributed by atoms with Crippen molar-refractivity contribution in [3.05, 3.63) is 182 Å². The lowest BCUT2D eigenvalue weighted by Gasteiger charge is -2.19. The van der Waals surface area contributed by atoms with Crippen molar-refractivity contribution in [1.82, 2.24) is 0 Å². The lowest BCUT2D eigenvalue weighted by molar-refractivity contribution is 1.63. The molecule has 0 radical (unpaired) electrons. The molecule has 0 aliphatic rings. The van der Waals surface area contributed by atoms with E-state index in [4.69, 9.17) is 0 Å². The zero-order chi connectivity index (χ0) is 30.5. The predicted molar refractivity (Wildman–Crippen MR) is 198 cm³/mol. The van der Waals surface area contributed by atoms with Gasteiger partial charge >= 0.3 is 0 Å². The fourth-order valence-electron chi connectivity index (χ4n) is 7.24. The molecule has 9 aromatic rings. The molecule has 0 aromatic heterocycles. The molecule has 0 N–H and O–H groups in total. The Bertz CT molecular complexity index is 2500. The first-order valence-corrected chi connectivity index (χ1v) is 15.9. The summed E-state index contributed by atoms with van der Waals surface area (Å²) in [5.74, 6) is 0. The molecule has 0 amide bonds. The van der Waals surface area contributed by atoms with Crippen molar-refractivity contribution >= 4 is 43.1 Å². The molecule has 0 atom stereocenters. The Kier molecular flexibility index (Phi) is 6.25. The van der Waals surface area contributed by atoms with Gasteiger partial charge in [0, 0.05) is 0 Å². The highest BCUT2D eigenvalue weighted by Gasteiger charge is 2.18.